The van der Waals surface area contributed by atoms with Crippen molar-refractivity contribution in [1.82, 2.24) is 15.3 Å². The summed E-state index contributed by atoms with van der Waals surface area (Å²) in [6, 6.07) is 5.66. The minimum Gasteiger partial charge on any atom is -0.312 e. The Morgan fingerprint density at radius 1 is 1.20 bits per heavy atom. The summed E-state index contributed by atoms with van der Waals surface area (Å²) >= 11 is 12.0. The Balaban J connectivity index is 1.90. The Bertz CT molecular complexity index is 656. The second-order valence-corrected chi connectivity index (χ2v) is 5.82. The van der Waals surface area contributed by atoms with E-state index in [1.165, 1.54) is 11.3 Å². The number of nitrogens with zero attached hydrogens (tertiary/aromatic N) is 2. The van der Waals surface area contributed by atoms with Gasteiger partial charge in [-0.15, -0.1) is 0 Å². The van der Waals surface area contributed by atoms with E-state index in [0.29, 0.717) is 16.5 Å². The Kier molecular flexibility index (Phi) is 3.92. The van der Waals surface area contributed by atoms with Crippen LogP contribution >= 0.6 is 23.2 Å². The summed E-state index contributed by atoms with van der Waals surface area (Å²) in [6.07, 6.45) is 1.64. The molecule has 1 N–H and O–H groups in total. The number of fused-ring (bicyclic) bond motifs is 1. The third kappa shape index (κ3) is 2.80. The molecule has 2 aromatic rings. The Hall–Kier alpha value is -1.16. The molecule has 0 aliphatic carbocycles. The van der Waals surface area contributed by atoms with E-state index in [9.17, 15) is 0 Å². The zero-order chi connectivity index (χ0) is 14.1. The molecule has 1 aromatic carbocycles. The Morgan fingerprint density at radius 2 is 2.05 bits per heavy atom. The largest absolute Gasteiger partial charge is 0.312 e. The summed E-state index contributed by atoms with van der Waals surface area (Å²) in [5.41, 5.74) is 4.56. The van der Waals surface area contributed by atoms with E-state index in [1.807, 2.05) is 25.1 Å². The number of aromatic nitrogens is 2. The van der Waals surface area contributed by atoms with E-state index in [1.54, 1.807) is 0 Å². The van der Waals surface area contributed by atoms with Crippen molar-refractivity contribution < 1.29 is 0 Å². The van der Waals surface area contributed by atoms with Gasteiger partial charge in [0.1, 0.15) is 5.82 Å². The summed E-state index contributed by atoms with van der Waals surface area (Å²) in [4.78, 5) is 9.30. The van der Waals surface area contributed by atoms with Gasteiger partial charge in [-0.2, -0.15) is 0 Å². The van der Waals surface area contributed by atoms with Crippen molar-refractivity contribution in [2.75, 3.05) is 6.54 Å². The maximum absolute atomic E-state index is 6.05. The van der Waals surface area contributed by atoms with Gasteiger partial charge < -0.3 is 5.32 Å². The summed E-state index contributed by atoms with van der Waals surface area (Å²) in [5, 5.41) is 4.50. The first-order chi connectivity index (χ1) is 9.63. The van der Waals surface area contributed by atoms with Gasteiger partial charge in [-0.25, -0.2) is 9.97 Å². The van der Waals surface area contributed by atoms with Crippen LogP contribution in [0.15, 0.2) is 18.2 Å². The highest BCUT2D eigenvalue weighted by molar-refractivity contribution is 6.42. The van der Waals surface area contributed by atoms with Crippen LogP contribution in [0.3, 0.4) is 0 Å². The van der Waals surface area contributed by atoms with Gasteiger partial charge in [0.2, 0.25) is 0 Å². The van der Waals surface area contributed by atoms with Crippen molar-refractivity contribution in [2.45, 2.75) is 26.3 Å². The summed E-state index contributed by atoms with van der Waals surface area (Å²) in [5.74, 6) is 0.849. The van der Waals surface area contributed by atoms with Gasteiger partial charge in [0, 0.05) is 37.2 Å². The number of rotatable bonds is 2. The van der Waals surface area contributed by atoms with Gasteiger partial charge >= 0.3 is 0 Å². The molecule has 0 bridgehead atoms. The van der Waals surface area contributed by atoms with Crippen LogP contribution in [0.5, 0.6) is 0 Å². The lowest BCUT2D eigenvalue weighted by Gasteiger charge is -2.18. The number of halogens is 2. The number of hydrogen-bond acceptors (Lipinski definition) is 3. The Labute approximate surface area is 128 Å². The fraction of sp³-hybridized carbons (Fsp3) is 0.333. The fourth-order valence-electron chi connectivity index (χ4n) is 2.49. The molecule has 0 saturated heterocycles. The fourth-order valence-corrected chi connectivity index (χ4v) is 2.81. The van der Waals surface area contributed by atoms with Gasteiger partial charge in [0.15, 0.2) is 0 Å². The summed E-state index contributed by atoms with van der Waals surface area (Å²) in [6.45, 7) is 3.90. The average molecular weight is 308 g/mol. The van der Waals surface area contributed by atoms with E-state index < -0.39 is 0 Å². The smallest absolute Gasteiger partial charge is 0.133 e. The van der Waals surface area contributed by atoms with Crippen LogP contribution < -0.4 is 5.32 Å². The molecule has 2 heterocycles. The quantitative estimate of drug-likeness (QED) is 0.925. The first-order valence-corrected chi connectivity index (χ1v) is 7.39. The highest BCUT2D eigenvalue weighted by atomic mass is 35.5. The van der Waals surface area contributed by atoms with Gasteiger partial charge in [0.05, 0.1) is 15.7 Å². The molecule has 104 valence electrons. The van der Waals surface area contributed by atoms with Gasteiger partial charge in [0.25, 0.3) is 0 Å². The molecule has 0 unspecified atom stereocenters. The molecular weight excluding hydrogens is 293 g/mol. The van der Waals surface area contributed by atoms with Gasteiger partial charge in [-0.05, 0) is 24.6 Å². The lowest BCUT2D eigenvalue weighted by atomic mass is 10.0. The molecule has 1 aliphatic rings. The van der Waals surface area contributed by atoms with E-state index in [-0.39, 0.29) is 0 Å². The molecule has 1 aromatic heterocycles. The van der Waals surface area contributed by atoms with Gasteiger partial charge in [-0.1, -0.05) is 29.3 Å². The second-order valence-electron chi connectivity index (χ2n) is 5.00. The van der Waals surface area contributed by atoms with Gasteiger partial charge in [-0.3, -0.25) is 0 Å². The highest BCUT2D eigenvalue weighted by Gasteiger charge is 2.15. The van der Waals surface area contributed by atoms with Crippen LogP contribution in [0.2, 0.25) is 10.0 Å². The third-order valence-electron chi connectivity index (χ3n) is 3.53. The SMILES string of the molecule is Cc1nc(Cc2ccc(Cl)c(Cl)c2)nc2c1CNCC2. The molecule has 20 heavy (non-hydrogen) atoms. The molecule has 3 rings (SSSR count). The first kappa shape index (κ1) is 13.8. The second kappa shape index (κ2) is 5.68. The lowest BCUT2D eigenvalue weighted by molar-refractivity contribution is 0.615. The standard InChI is InChI=1S/C15H15Cl2N3/c1-9-11-8-18-5-4-14(11)20-15(19-9)7-10-2-3-12(16)13(17)6-10/h2-3,6,18H,4-5,7-8H2,1H3. The van der Waals surface area contributed by atoms with Crippen LogP contribution in [0.4, 0.5) is 0 Å². The molecule has 0 radical (unpaired) electrons. The van der Waals surface area contributed by atoms with Crippen LogP contribution in [-0.2, 0) is 19.4 Å². The van der Waals surface area contributed by atoms with Crippen molar-refractivity contribution in [3.63, 3.8) is 0 Å². The number of nitrogens with one attached hydrogen (secondary N) is 1. The topological polar surface area (TPSA) is 37.8 Å². The number of benzene rings is 1. The molecule has 3 nitrogen and oxygen atoms in total. The van der Waals surface area contributed by atoms with Crippen LogP contribution in [-0.4, -0.2) is 16.5 Å². The molecule has 0 fully saturated rings. The van der Waals surface area contributed by atoms with Crippen LogP contribution in [0.1, 0.15) is 28.3 Å². The third-order valence-corrected chi connectivity index (χ3v) is 4.27. The monoisotopic (exact) mass is 307 g/mol. The molecule has 0 atom stereocenters. The zero-order valence-corrected chi connectivity index (χ0v) is 12.7. The molecule has 0 saturated carbocycles. The molecule has 1 aliphatic heterocycles. The van der Waals surface area contributed by atoms with Crippen LogP contribution in [0, 0.1) is 6.92 Å². The predicted molar refractivity (Wildman–Crippen MR) is 81.4 cm³/mol. The maximum atomic E-state index is 6.05. The molecular formula is C15H15Cl2N3. The normalized spacial score (nSPS) is 14.2. The van der Waals surface area contributed by atoms with E-state index >= 15 is 0 Å². The average Bonchev–Trinajstić information content (AvgIpc) is 2.43. The summed E-state index contributed by atoms with van der Waals surface area (Å²) < 4.78 is 0. The van der Waals surface area contributed by atoms with Crippen LogP contribution in [0.25, 0.3) is 0 Å². The minimum atomic E-state index is 0.572. The number of aryl methyl sites for hydroxylation is 1. The Morgan fingerprint density at radius 3 is 2.85 bits per heavy atom. The predicted octanol–water partition coefficient (Wildman–Crippen LogP) is 3.33. The van der Waals surface area contributed by atoms with Crippen molar-refractivity contribution in [3.8, 4) is 0 Å². The van der Waals surface area contributed by atoms with Crippen molar-refractivity contribution in [1.29, 1.82) is 0 Å². The minimum absolute atomic E-state index is 0.572. The highest BCUT2D eigenvalue weighted by Crippen LogP contribution is 2.24. The van der Waals surface area contributed by atoms with E-state index in [0.717, 1.165) is 36.6 Å². The van der Waals surface area contributed by atoms with Crippen molar-refractivity contribution in [2.24, 2.45) is 0 Å². The zero-order valence-electron chi connectivity index (χ0n) is 11.2. The van der Waals surface area contributed by atoms with E-state index in [4.69, 9.17) is 28.2 Å². The van der Waals surface area contributed by atoms with E-state index in [2.05, 4.69) is 10.3 Å². The van der Waals surface area contributed by atoms with Crippen molar-refractivity contribution in [3.05, 3.63) is 56.6 Å². The summed E-state index contributed by atoms with van der Waals surface area (Å²) in [7, 11) is 0. The molecule has 5 heteroatoms. The lowest BCUT2D eigenvalue weighted by Crippen LogP contribution is -2.26. The maximum Gasteiger partial charge on any atom is 0.133 e. The number of hydrogen-bond donors (Lipinski definition) is 1. The first-order valence-electron chi connectivity index (χ1n) is 6.63. The van der Waals surface area contributed by atoms with Crippen molar-refractivity contribution >= 4 is 23.2 Å². The molecule has 0 spiro atoms. The molecule has 0 amide bonds.